The van der Waals surface area contributed by atoms with Gasteiger partial charge in [-0.25, -0.2) is 0 Å². The van der Waals surface area contributed by atoms with E-state index in [1.807, 2.05) is 7.05 Å². The normalized spacial score (nSPS) is 17.1. The number of hydrogen-bond donors (Lipinski definition) is 2. The average molecular weight is 427 g/mol. The van der Waals surface area contributed by atoms with Gasteiger partial charge in [-0.15, -0.1) is 0 Å². The van der Waals surface area contributed by atoms with Gasteiger partial charge in [-0.2, -0.15) is 5.10 Å². The fourth-order valence-corrected chi connectivity index (χ4v) is 4.17. The topological polar surface area (TPSA) is 80.9 Å². The van der Waals surface area contributed by atoms with Crippen molar-refractivity contribution in [3.05, 3.63) is 17.5 Å². The largest absolute Gasteiger partial charge is 0.382 e. The van der Waals surface area contributed by atoms with Crippen molar-refractivity contribution in [1.29, 1.82) is 0 Å². The van der Waals surface area contributed by atoms with E-state index >= 15 is 0 Å². The summed E-state index contributed by atoms with van der Waals surface area (Å²) in [5.74, 6) is 0.495. The van der Waals surface area contributed by atoms with E-state index in [0.717, 1.165) is 58.5 Å². The van der Waals surface area contributed by atoms with Crippen LogP contribution in [0.4, 0.5) is 0 Å². The molecule has 8 nitrogen and oxygen atoms in total. The van der Waals surface area contributed by atoms with E-state index < -0.39 is 0 Å². The molecule has 174 valence electrons. The van der Waals surface area contributed by atoms with Crippen molar-refractivity contribution in [2.45, 2.75) is 38.1 Å². The lowest BCUT2D eigenvalue weighted by Crippen LogP contribution is -2.37. The molecule has 1 fully saturated rings. The zero-order valence-corrected chi connectivity index (χ0v) is 19.4. The van der Waals surface area contributed by atoms with Gasteiger partial charge in [-0.1, -0.05) is 0 Å². The quantitative estimate of drug-likeness (QED) is 0.392. The lowest BCUT2D eigenvalue weighted by molar-refractivity contribution is -0.0593. The van der Waals surface area contributed by atoms with Crippen molar-refractivity contribution in [3.8, 4) is 0 Å². The molecule has 0 bridgehead atoms. The van der Waals surface area contributed by atoms with Crippen molar-refractivity contribution in [3.63, 3.8) is 0 Å². The molecule has 0 aromatic carbocycles. The Morgan fingerprint density at radius 2 is 1.73 bits per heavy atom. The average Bonchev–Trinajstić information content (AvgIpc) is 3.21. The Balaban J connectivity index is 1.92. The number of nitrogens with one attached hydrogen (secondary N) is 2. The molecule has 0 amide bonds. The van der Waals surface area contributed by atoms with Gasteiger partial charge in [0.15, 0.2) is 0 Å². The van der Waals surface area contributed by atoms with Crippen LogP contribution in [0.3, 0.4) is 0 Å². The smallest absolute Gasteiger partial charge is 0.0700 e. The molecule has 0 radical (unpaired) electrons. The SMILES string of the molecule is CNCCN(C)Cc1c[nH]nc1C1CCC(COCCOC)(COCCOC)CC1. The van der Waals surface area contributed by atoms with Crippen molar-refractivity contribution in [2.24, 2.45) is 5.41 Å². The third-order valence-corrected chi connectivity index (χ3v) is 6.05. The van der Waals surface area contributed by atoms with Gasteiger partial charge >= 0.3 is 0 Å². The molecular weight excluding hydrogens is 384 g/mol. The number of ether oxygens (including phenoxy) is 4. The molecule has 30 heavy (non-hydrogen) atoms. The molecule has 1 aromatic rings. The Morgan fingerprint density at radius 3 is 2.30 bits per heavy atom. The Morgan fingerprint density at radius 1 is 1.10 bits per heavy atom. The van der Waals surface area contributed by atoms with E-state index in [2.05, 4.69) is 33.7 Å². The highest BCUT2D eigenvalue weighted by Gasteiger charge is 2.37. The summed E-state index contributed by atoms with van der Waals surface area (Å²) in [7, 11) is 7.56. The van der Waals surface area contributed by atoms with Crippen LogP contribution < -0.4 is 5.32 Å². The third-order valence-electron chi connectivity index (χ3n) is 6.05. The summed E-state index contributed by atoms with van der Waals surface area (Å²) < 4.78 is 22.1. The number of hydrogen-bond acceptors (Lipinski definition) is 7. The minimum absolute atomic E-state index is 0.0675. The number of methoxy groups -OCH3 is 2. The molecule has 8 heteroatoms. The summed E-state index contributed by atoms with van der Waals surface area (Å²) in [5.41, 5.74) is 2.62. The van der Waals surface area contributed by atoms with E-state index in [-0.39, 0.29) is 5.41 Å². The van der Waals surface area contributed by atoms with Gasteiger partial charge in [-0.05, 0) is 39.8 Å². The van der Waals surface area contributed by atoms with E-state index in [9.17, 15) is 0 Å². The summed E-state index contributed by atoms with van der Waals surface area (Å²) in [4.78, 5) is 2.34. The molecule has 0 saturated heterocycles. The van der Waals surface area contributed by atoms with Crippen molar-refractivity contribution in [2.75, 3.05) is 81.0 Å². The maximum absolute atomic E-state index is 5.94. The summed E-state index contributed by atoms with van der Waals surface area (Å²) in [6.45, 7) is 6.88. The zero-order chi connectivity index (χ0) is 21.7. The van der Waals surface area contributed by atoms with Crippen LogP contribution in [0, 0.1) is 5.41 Å². The molecule has 0 spiro atoms. The van der Waals surface area contributed by atoms with Gasteiger partial charge in [0.1, 0.15) is 0 Å². The van der Waals surface area contributed by atoms with Crippen molar-refractivity contribution >= 4 is 0 Å². The maximum Gasteiger partial charge on any atom is 0.0700 e. The number of nitrogens with zero attached hydrogens (tertiary/aromatic N) is 2. The minimum atomic E-state index is 0.0675. The van der Waals surface area contributed by atoms with Gasteiger partial charge in [0.2, 0.25) is 0 Å². The van der Waals surface area contributed by atoms with Gasteiger partial charge in [0.05, 0.1) is 45.3 Å². The van der Waals surface area contributed by atoms with E-state index in [0.29, 0.717) is 32.3 Å². The van der Waals surface area contributed by atoms with Crippen LogP contribution in [0.5, 0.6) is 0 Å². The lowest BCUT2D eigenvalue weighted by Gasteiger charge is -2.39. The van der Waals surface area contributed by atoms with Crippen LogP contribution in [0.15, 0.2) is 6.20 Å². The van der Waals surface area contributed by atoms with E-state index in [1.54, 1.807) is 14.2 Å². The van der Waals surface area contributed by atoms with Gasteiger partial charge in [0.25, 0.3) is 0 Å². The number of H-pyrrole nitrogens is 1. The molecule has 0 aliphatic heterocycles. The number of aromatic nitrogens is 2. The van der Waals surface area contributed by atoms with Crippen LogP contribution in [-0.2, 0) is 25.5 Å². The van der Waals surface area contributed by atoms with Gasteiger partial charge in [0, 0.05) is 56.9 Å². The summed E-state index contributed by atoms with van der Waals surface area (Å²) in [6, 6.07) is 0. The third kappa shape index (κ3) is 8.24. The molecular formula is C22H42N4O4. The molecule has 2 N–H and O–H groups in total. The molecule has 0 atom stereocenters. The second kappa shape index (κ2) is 14.1. The van der Waals surface area contributed by atoms with E-state index in [1.165, 1.54) is 11.3 Å². The highest BCUT2D eigenvalue weighted by molar-refractivity contribution is 5.21. The van der Waals surface area contributed by atoms with Gasteiger partial charge in [-0.3, -0.25) is 5.10 Å². The molecule has 2 rings (SSSR count). The number of likely N-dealkylation sites (N-methyl/N-ethyl adjacent to an activating group) is 2. The number of rotatable bonds is 16. The van der Waals surface area contributed by atoms with E-state index in [4.69, 9.17) is 18.9 Å². The fraction of sp³-hybridized carbons (Fsp3) is 0.864. The second-order valence-electron chi connectivity index (χ2n) is 8.50. The molecule has 1 aromatic heterocycles. The standard InChI is InChI=1S/C22H42N4O4/c1-23-9-10-26(2)16-20-15-24-25-21(20)19-5-7-22(8-6-19,17-29-13-11-27-3)18-30-14-12-28-4/h15,19,23H,5-14,16-18H2,1-4H3,(H,24,25). The van der Waals surface area contributed by atoms with Crippen molar-refractivity contribution in [1.82, 2.24) is 20.4 Å². The first-order valence-electron chi connectivity index (χ1n) is 11.1. The Bertz CT molecular complexity index is 547. The number of aromatic amines is 1. The highest BCUT2D eigenvalue weighted by Crippen LogP contribution is 2.44. The first-order chi connectivity index (χ1) is 14.6. The minimum Gasteiger partial charge on any atom is -0.382 e. The first-order valence-corrected chi connectivity index (χ1v) is 11.1. The fourth-order valence-electron chi connectivity index (χ4n) is 4.17. The van der Waals surface area contributed by atoms with Crippen molar-refractivity contribution < 1.29 is 18.9 Å². The molecule has 1 saturated carbocycles. The Hall–Kier alpha value is -1.03. The Labute approximate surface area is 182 Å². The maximum atomic E-state index is 5.94. The van der Waals surface area contributed by atoms with Crippen LogP contribution in [0.2, 0.25) is 0 Å². The summed E-state index contributed by atoms with van der Waals surface area (Å²) in [6.07, 6.45) is 6.45. The summed E-state index contributed by atoms with van der Waals surface area (Å²) in [5, 5.41) is 10.9. The lowest BCUT2D eigenvalue weighted by atomic mass is 9.70. The highest BCUT2D eigenvalue weighted by atomic mass is 16.5. The Kier molecular flexibility index (Phi) is 11.9. The molecule has 1 aliphatic carbocycles. The van der Waals surface area contributed by atoms with Crippen LogP contribution in [0.1, 0.15) is 42.9 Å². The van der Waals surface area contributed by atoms with Gasteiger partial charge < -0.3 is 29.2 Å². The molecule has 1 heterocycles. The second-order valence-corrected chi connectivity index (χ2v) is 8.50. The molecule has 0 unspecified atom stereocenters. The van der Waals surface area contributed by atoms with Crippen LogP contribution >= 0.6 is 0 Å². The molecule has 1 aliphatic rings. The monoisotopic (exact) mass is 426 g/mol. The first kappa shape index (κ1) is 25.2. The van der Waals surface area contributed by atoms with Crippen LogP contribution in [-0.4, -0.2) is 96.1 Å². The predicted octanol–water partition coefficient (Wildman–Crippen LogP) is 2.03. The predicted molar refractivity (Wildman–Crippen MR) is 118 cm³/mol. The summed E-state index contributed by atoms with van der Waals surface area (Å²) >= 11 is 0. The zero-order valence-electron chi connectivity index (χ0n) is 19.4. The van der Waals surface area contributed by atoms with Crippen LogP contribution in [0.25, 0.3) is 0 Å².